The largest absolute Gasteiger partial charge is 1.00 e. The summed E-state index contributed by atoms with van der Waals surface area (Å²) in [6.45, 7) is 0.309. The summed E-state index contributed by atoms with van der Waals surface area (Å²) in [5.41, 5.74) is 4.00. The van der Waals surface area contributed by atoms with Gasteiger partial charge in [0.2, 0.25) is 6.71 Å². The van der Waals surface area contributed by atoms with Crippen molar-refractivity contribution in [3.05, 3.63) is 91.0 Å². The normalized spacial score (nSPS) is 9.14. The Balaban J connectivity index is 0.00000110. The molecule has 0 unspecified atom stereocenters. The van der Waals surface area contributed by atoms with Crippen LogP contribution in [0.4, 0.5) is 0 Å². The number of rotatable bonds is 3. The van der Waals surface area contributed by atoms with Crippen molar-refractivity contribution in [2.45, 2.75) is 0 Å². The average molecular weight is 282 g/mol. The molecule has 0 atom stereocenters. The number of hydrogen-bond acceptors (Lipinski definition) is 1. The number of benzene rings is 3. The average Bonchev–Trinajstić information content (AvgIpc) is 2.51. The SMILES string of the molecule is [Na+].[OH-].c1ccc(B(c2ccccc2)c2ccccc2)cc1. The van der Waals surface area contributed by atoms with Crippen LogP contribution in [0.5, 0.6) is 0 Å². The molecule has 0 aliphatic carbocycles. The van der Waals surface area contributed by atoms with Crippen LogP contribution in [0.3, 0.4) is 0 Å². The van der Waals surface area contributed by atoms with Crippen molar-refractivity contribution in [3.8, 4) is 0 Å². The van der Waals surface area contributed by atoms with Crippen molar-refractivity contribution in [1.82, 2.24) is 0 Å². The third kappa shape index (κ3) is 4.32. The van der Waals surface area contributed by atoms with Crippen molar-refractivity contribution in [2.24, 2.45) is 0 Å². The molecule has 1 N–H and O–H groups in total. The van der Waals surface area contributed by atoms with E-state index in [1.807, 2.05) is 0 Å². The predicted molar refractivity (Wildman–Crippen MR) is 85.9 cm³/mol. The Bertz CT molecular complexity index is 535. The zero-order valence-corrected chi connectivity index (χ0v) is 14.2. The third-order valence-electron chi connectivity index (χ3n) is 3.40. The molecule has 0 amide bonds. The molecule has 3 aromatic rings. The first-order valence-corrected chi connectivity index (χ1v) is 6.60. The van der Waals surface area contributed by atoms with Crippen LogP contribution in [0.2, 0.25) is 0 Å². The molecule has 3 aromatic carbocycles. The van der Waals surface area contributed by atoms with Crippen LogP contribution in [0.25, 0.3) is 0 Å². The standard InChI is InChI=1S/C18H15B.Na.H2O/c1-4-10-16(11-5-1)19(17-12-6-2-7-13-17)18-14-8-3-9-15-18;;/h1-15H;;1H2/q;+1;/p-1. The molecular weight excluding hydrogens is 266 g/mol. The Kier molecular flexibility index (Phi) is 7.48. The van der Waals surface area contributed by atoms with E-state index in [0.717, 1.165) is 0 Å². The van der Waals surface area contributed by atoms with Crippen LogP contribution in [-0.2, 0) is 0 Å². The van der Waals surface area contributed by atoms with Crippen molar-refractivity contribution in [1.29, 1.82) is 0 Å². The Morgan fingerprint density at radius 2 is 0.667 bits per heavy atom. The molecule has 0 aliphatic heterocycles. The molecule has 0 aromatic heterocycles. The third-order valence-corrected chi connectivity index (χ3v) is 3.40. The Labute approximate surface area is 148 Å². The Morgan fingerprint density at radius 1 is 0.429 bits per heavy atom. The fraction of sp³-hybridized carbons (Fsp3) is 0. The maximum atomic E-state index is 2.20. The van der Waals surface area contributed by atoms with Gasteiger partial charge in [0.1, 0.15) is 0 Å². The van der Waals surface area contributed by atoms with Gasteiger partial charge in [0.05, 0.1) is 0 Å². The fourth-order valence-electron chi connectivity index (χ4n) is 2.51. The summed E-state index contributed by atoms with van der Waals surface area (Å²) < 4.78 is 0. The van der Waals surface area contributed by atoms with E-state index in [-0.39, 0.29) is 35.0 Å². The van der Waals surface area contributed by atoms with Crippen LogP contribution in [0.1, 0.15) is 0 Å². The second-order valence-electron chi connectivity index (χ2n) is 4.67. The molecule has 0 saturated carbocycles. The van der Waals surface area contributed by atoms with Crippen LogP contribution < -0.4 is 45.9 Å². The van der Waals surface area contributed by atoms with E-state index in [1.54, 1.807) is 0 Å². The number of hydrogen-bond donors (Lipinski definition) is 0. The monoisotopic (exact) mass is 282 g/mol. The van der Waals surface area contributed by atoms with Gasteiger partial charge in [-0.3, -0.25) is 0 Å². The quantitative estimate of drug-likeness (QED) is 0.569. The maximum Gasteiger partial charge on any atom is 1.00 e. The van der Waals surface area contributed by atoms with E-state index in [4.69, 9.17) is 0 Å². The summed E-state index contributed by atoms with van der Waals surface area (Å²) in [5, 5.41) is 0. The van der Waals surface area contributed by atoms with Gasteiger partial charge in [-0.05, 0) is 0 Å². The molecule has 3 rings (SSSR count). The minimum Gasteiger partial charge on any atom is -0.870 e. The summed E-state index contributed by atoms with van der Waals surface area (Å²) in [6, 6.07) is 32.0. The van der Waals surface area contributed by atoms with Crippen LogP contribution in [0.15, 0.2) is 91.0 Å². The van der Waals surface area contributed by atoms with E-state index >= 15 is 0 Å². The van der Waals surface area contributed by atoms with Crippen molar-refractivity contribution < 1.29 is 35.0 Å². The van der Waals surface area contributed by atoms with Crippen LogP contribution >= 0.6 is 0 Å². The molecule has 0 bridgehead atoms. The molecule has 21 heavy (non-hydrogen) atoms. The molecule has 1 nitrogen and oxygen atoms in total. The second kappa shape index (κ2) is 8.86. The van der Waals surface area contributed by atoms with Gasteiger partial charge >= 0.3 is 29.6 Å². The zero-order valence-electron chi connectivity index (χ0n) is 12.2. The molecule has 0 saturated heterocycles. The van der Waals surface area contributed by atoms with E-state index in [1.165, 1.54) is 16.4 Å². The zero-order chi connectivity index (χ0) is 12.9. The van der Waals surface area contributed by atoms with Crippen molar-refractivity contribution in [2.75, 3.05) is 0 Å². The molecule has 0 fully saturated rings. The van der Waals surface area contributed by atoms with Crippen LogP contribution in [0, 0.1) is 0 Å². The van der Waals surface area contributed by atoms with Gasteiger partial charge in [-0.1, -0.05) is 107 Å². The topological polar surface area (TPSA) is 30.0 Å². The second-order valence-corrected chi connectivity index (χ2v) is 4.67. The summed E-state index contributed by atoms with van der Waals surface area (Å²) in [7, 11) is 0. The van der Waals surface area contributed by atoms with Crippen molar-refractivity contribution in [3.63, 3.8) is 0 Å². The maximum absolute atomic E-state index is 2.20. The van der Waals surface area contributed by atoms with E-state index in [0.29, 0.717) is 6.71 Å². The van der Waals surface area contributed by atoms with Gasteiger partial charge in [0.15, 0.2) is 0 Å². The Hall–Kier alpha value is -1.32. The van der Waals surface area contributed by atoms with E-state index in [9.17, 15) is 0 Å². The first-order valence-electron chi connectivity index (χ1n) is 6.60. The summed E-state index contributed by atoms with van der Waals surface area (Å²) >= 11 is 0. The van der Waals surface area contributed by atoms with E-state index in [2.05, 4.69) is 91.0 Å². The molecule has 0 heterocycles. The fourth-order valence-corrected chi connectivity index (χ4v) is 2.51. The summed E-state index contributed by atoms with van der Waals surface area (Å²) in [5.74, 6) is 0. The van der Waals surface area contributed by atoms with Gasteiger partial charge < -0.3 is 5.48 Å². The predicted octanol–water partition coefficient (Wildman–Crippen LogP) is -0.970. The summed E-state index contributed by atoms with van der Waals surface area (Å²) in [4.78, 5) is 0. The molecule has 0 spiro atoms. The molecule has 0 radical (unpaired) electrons. The van der Waals surface area contributed by atoms with Gasteiger partial charge in [0, 0.05) is 0 Å². The first kappa shape index (κ1) is 17.7. The smallest absolute Gasteiger partial charge is 0.870 e. The van der Waals surface area contributed by atoms with Gasteiger partial charge in [0.25, 0.3) is 0 Å². The van der Waals surface area contributed by atoms with Gasteiger partial charge in [-0.25, -0.2) is 0 Å². The molecule has 98 valence electrons. The molecule has 3 heteroatoms. The van der Waals surface area contributed by atoms with Crippen LogP contribution in [-0.4, -0.2) is 12.2 Å². The van der Waals surface area contributed by atoms with E-state index < -0.39 is 0 Å². The molecular formula is C18H16BNaO. The first-order chi connectivity index (χ1) is 9.45. The van der Waals surface area contributed by atoms with Crippen molar-refractivity contribution >= 4 is 23.1 Å². The minimum atomic E-state index is 0. The van der Waals surface area contributed by atoms with Gasteiger partial charge in [-0.15, -0.1) is 0 Å². The summed E-state index contributed by atoms with van der Waals surface area (Å²) in [6.07, 6.45) is 0. The molecule has 0 aliphatic rings. The Morgan fingerprint density at radius 3 is 0.905 bits per heavy atom. The van der Waals surface area contributed by atoms with Gasteiger partial charge in [-0.2, -0.15) is 0 Å². The minimum absolute atomic E-state index is 0.